The zero-order valence-electron chi connectivity index (χ0n) is 9.79. The molecule has 100 valence electrons. The van der Waals surface area contributed by atoms with Crippen molar-refractivity contribution in [3.63, 3.8) is 0 Å². The molecule has 1 aromatic carbocycles. The maximum Gasteiger partial charge on any atom is 0.417 e. The lowest BCUT2D eigenvalue weighted by Crippen LogP contribution is -2.60. The lowest BCUT2D eigenvalue weighted by molar-refractivity contribution is -0.205. The third-order valence-corrected chi connectivity index (χ3v) is 2.73. The van der Waals surface area contributed by atoms with Crippen LogP contribution in [0.15, 0.2) is 30.3 Å². The van der Waals surface area contributed by atoms with Gasteiger partial charge in [-0.15, -0.1) is 0 Å². The highest BCUT2D eigenvalue weighted by Crippen LogP contribution is 2.30. The molecule has 6 heteroatoms. The summed E-state index contributed by atoms with van der Waals surface area (Å²) in [6, 6.07) is 8.89. The van der Waals surface area contributed by atoms with Gasteiger partial charge in [-0.25, -0.2) is 4.79 Å². The molecule has 0 saturated heterocycles. The highest BCUT2D eigenvalue weighted by molar-refractivity contribution is 5.79. The van der Waals surface area contributed by atoms with E-state index in [1.54, 1.807) is 30.3 Å². The van der Waals surface area contributed by atoms with Crippen LogP contribution in [0.5, 0.6) is 0 Å². The molecule has 0 aliphatic rings. The van der Waals surface area contributed by atoms with Crippen molar-refractivity contribution in [2.24, 2.45) is 0 Å². The van der Waals surface area contributed by atoms with Crippen LogP contribution in [0.2, 0.25) is 0 Å². The van der Waals surface area contributed by atoms with Crippen molar-refractivity contribution in [3.8, 4) is 0 Å². The Bertz CT molecular complexity index is 406. The van der Waals surface area contributed by atoms with Crippen molar-refractivity contribution < 1.29 is 23.1 Å². The van der Waals surface area contributed by atoms with E-state index in [0.29, 0.717) is 13.3 Å². The van der Waals surface area contributed by atoms with Crippen molar-refractivity contribution in [1.29, 1.82) is 0 Å². The molecule has 0 aliphatic heterocycles. The number of rotatable bonds is 5. The number of carbonyl (C=O) groups is 1. The van der Waals surface area contributed by atoms with Crippen LogP contribution >= 0.6 is 0 Å². The molecule has 0 fully saturated rings. The predicted molar refractivity (Wildman–Crippen MR) is 60.2 cm³/mol. The number of aliphatic carboxylic acids is 1. The Morgan fingerprint density at radius 2 is 1.83 bits per heavy atom. The molecule has 1 rings (SSSR count). The molecule has 1 unspecified atom stereocenters. The van der Waals surface area contributed by atoms with E-state index in [0.717, 1.165) is 5.56 Å². The fourth-order valence-corrected chi connectivity index (χ4v) is 1.40. The van der Waals surface area contributed by atoms with E-state index in [4.69, 9.17) is 5.11 Å². The number of benzene rings is 1. The molecule has 0 radical (unpaired) electrons. The normalized spacial score (nSPS) is 15.1. The summed E-state index contributed by atoms with van der Waals surface area (Å²) in [5, 5.41) is 10.7. The quantitative estimate of drug-likeness (QED) is 0.854. The van der Waals surface area contributed by atoms with Gasteiger partial charge in [-0.3, -0.25) is 5.32 Å². The van der Waals surface area contributed by atoms with Crippen LogP contribution in [0, 0.1) is 0 Å². The number of carboxylic acids is 1. The lowest BCUT2D eigenvalue weighted by atomic mass is 10.0. The Morgan fingerprint density at radius 3 is 2.28 bits per heavy atom. The maximum absolute atomic E-state index is 12.6. The van der Waals surface area contributed by atoms with Gasteiger partial charge in [0.1, 0.15) is 0 Å². The topological polar surface area (TPSA) is 49.3 Å². The Kier molecular flexibility index (Phi) is 4.34. The van der Waals surface area contributed by atoms with Gasteiger partial charge in [0.05, 0.1) is 0 Å². The van der Waals surface area contributed by atoms with E-state index in [1.807, 2.05) is 0 Å². The van der Waals surface area contributed by atoms with Crippen LogP contribution in [0.25, 0.3) is 0 Å². The van der Waals surface area contributed by atoms with Gasteiger partial charge in [0.15, 0.2) is 0 Å². The van der Waals surface area contributed by atoms with Crippen molar-refractivity contribution in [2.45, 2.75) is 25.1 Å². The summed E-state index contributed by atoms with van der Waals surface area (Å²) in [6.07, 6.45) is -4.50. The molecule has 18 heavy (non-hydrogen) atoms. The van der Waals surface area contributed by atoms with Gasteiger partial charge in [0, 0.05) is 6.54 Å². The van der Waals surface area contributed by atoms with Crippen molar-refractivity contribution in [3.05, 3.63) is 35.9 Å². The van der Waals surface area contributed by atoms with Gasteiger partial charge >= 0.3 is 12.1 Å². The molecular formula is C12H14F3NO2. The van der Waals surface area contributed by atoms with Crippen LogP contribution in [0.3, 0.4) is 0 Å². The number of hydrogen-bond donors (Lipinski definition) is 2. The molecule has 0 aliphatic carbocycles. The summed E-state index contributed by atoms with van der Waals surface area (Å²) in [7, 11) is 0. The van der Waals surface area contributed by atoms with Gasteiger partial charge in [0.25, 0.3) is 0 Å². The first kappa shape index (κ1) is 14.5. The van der Waals surface area contributed by atoms with Crippen LogP contribution in [-0.2, 0) is 11.2 Å². The van der Waals surface area contributed by atoms with Crippen molar-refractivity contribution in [1.82, 2.24) is 5.32 Å². The summed E-state index contributed by atoms with van der Waals surface area (Å²) in [5.74, 6) is -1.93. The molecule has 0 aromatic heterocycles. The Labute approximate surface area is 103 Å². The molecule has 2 N–H and O–H groups in total. The van der Waals surface area contributed by atoms with Crippen molar-refractivity contribution >= 4 is 5.97 Å². The minimum Gasteiger partial charge on any atom is -0.480 e. The van der Waals surface area contributed by atoms with Crippen molar-refractivity contribution in [2.75, 3.05) is 6.54 Å². The SMILES string of the molecule is CC(NCCc1ccccc1)(C(=O)O)C(F)(F)F. The largest absolute Gasteiger partial charge is 0.480 e. The Hall–Kier alpha value is -1.56. The van der Waals surface area contributed by atoms with E-state index >= 15 is 0 Å². The second-order valence-corrected chi connectivity index (χ2v) is 4.09. The number of nitrogens with one attached hydrogen (secondary N) is 1. The first-order valence-electron chi connectivity index (χ1n) is 5.36. The fraction of sp³-hybridized carbons (Fsp3) is 0.417. The number of hydrogen-bond acceptors (Lipinski definition) is 2. The average molecular weight is 261 g/mol. The maximum atomic E-state index is 12.6. The lowest BCUT2D eigenvalue weighted by Gasteiger charge is -2.28. The molecule has 0 amide bonds. The summed E-state index contributed by atoms with van der Waals surface area (Å²) in [4.78, 5) is 10.7. The molecule has 0 bridgehead atoms. The zero-order chi connectivity index (χ0) is 13.8. The van der Waals surface area contributed by atoms with Crippen LogP contribution in [0.1, 0.15) is 12.5 Å². The molecule has 0 saturated carbocycles. The Balaban J connectivity index is 2.62. The van der Waals surface area contributed by atoms with Gasteiger partial charge in [-0.2, -0.15) is 13.2 Å². The van der Waals surface area contributed by atoms with E-state index in [1.165, 1.54) is 0 Å². The van der Waals surface area contributed by atoms with E-state index in [9.17, 15) is 18.0 Å². The smallest absolute Gasteiger partial charge is 0.417 e. The van der Waals surface area contributed by atoms with E-state index in [-0.39, 0.29) is 6.54 Å². The monoisotopic (exact) mass is 261 g/mol. The molecule has 3 nitrogen and oxygen atoms in total. The minimum absolute atomic E-state index is 0.0632. The number of halogens is 3. The standard InChI is InChI=1S/C12H14F3NO2/c1-11(10(17)18,12(13,14)15)16-8-7-9-5-3-2-4-6-9/h2-6,16H,7-8H2,1H3,(H,17,18). The second-order valence-electron chi connectivity index (χ2n) is 4.09. The second kappa shape index (κ2) is 5.39. The van der Waals surface area contributed by atoms with E-state index in [2.05, 4.69) is 5.32 Å². The summed E-state index contributed by atoms with van der Waals surface area (Å²) >= 11 is 0. The number of alkyl halides is 3. The number of carboxylic acid groups (broad SMARTS) is 1. The molecule has 0 heterocycles. The highest BCUT2D eigenvalue weighted by atomic mass is 19.4. The first-order chi connectivity index (χ1) is 8.27. The molecular weight excluding hydrogens is 247 g/mol. The zero-order valence-corrected chi connectivity index (χ0v) is 9.79. The van der Waals surface area contributed by atoms with E-state index < -0.39 is 17.7 Å². The van der Waals surface area contributed by atoms with Crippen LogP contribution in [-0.4, -0.2) is 29.3 Å². The summed E-state index contributed by atoms with van der Waals surface area (Å²) in [6.45, 7) is 0.562. The van der Waals surface area contributed by atoms with Crippen LogP contribution < -0.4 is 5.32 Å². The molecule has 1 aromatic rings. The third-order valence-electron chi connectivity index (χ3n) is 2.73. The predicted octanol–water partition coefficient (Wildman–Crippen LogP) is 2.22. The molecule has 1 atom stereocenters. The van der Waals surface area contributed by atoms with Gasteiger partial charge in [0.2, 0.25) is 5.54 Å². The first-order valence-corrected chi connectivity index (χ1v) is 5.36. The highest BCUT2D eigenvalue weighted by Gasteiger charge is 2.56. The van der Waals surface area contributed by atoms with Gasteiger partial charge in [-0.05, 0) is 18.9 Å². The summed E-state index contributed by atoms with van der Waals surface area (Å²) in [5.41, 5.74) is -2.07. The third kappa shape index (κ3) is 3.22. The van der Waals surface area contributed by atoms with Gasteiger partial charge < -0.3 is 5.11 Å². The fourth-order valence-electron chi connectivity index (χ4n) is 1.40. The van der Waals surface area contributed by atoms with Crippen LogP contribution in [0.4, 0.5) is 13.2 Å². The van der Waals surface area contributed by atoms with Gasteiger partial charge in [-0.1, -0.05) is 30.3 Å². The summed E-state index contributed by atoms with van der Waals surface area (Å²) < 4.78 is 37.9. The Morgan fingerprint density at radius 1 is 1.28 bits per heavy atom. The average Bonchev–Trinajstić information content (AvgIpc) is 2.28. The molecule has 0 spiro atoms. The minimum atomic E-state index is -4.84.